The highest BCUT2D eigenvalue weighted by atomic mass is 32.2. The molecule has 5 amide bonds. The zero-order valence-corrected chi connectivity index (χ0v) is 33.1. The molecular formula is C36H58N6O12S. The normalized spacial score (nSPS) is 13.4. The molecule has 0 radical (unpaired) electrons. The number of benzene rings is 1. The van der Waals surface area contributed by atoms with Gasteiger partial charge in [0.25, 0.3) is 16.0 Å². The highest BCUT2D eigenvalue weighted by molar-refractivity contribution is 7.85. The van der Waals surface area contributed by atoms with Gasteiger partial charge >= 0.3 is 11.9 Å². The van der Waals surface area contributed by atoms with Gasteiger partial charge in [-0.3, -0.25) is 33.3 Å². The van der Waals surface area contributed by atoms with Crippen LogP contribution in [0.25, 0.3) is 0 Å². The number of primary amides is 1. The van der Waals surface area contributed by atoms with Crippen molar-refractivity contribution in [3.05, 3.63) is 29.8 Å². The molecule has 1 rings (SSSR count). The summed E-state index contributed by atoms with van der Waals surface area (Å²) in [5.41, 5.74) is 4.12. The number of hydrogen-bond donors (Lipinski definition) is 9. The Labute approximate surface area is 322 Å². The van der Waals surface area contributed by atoms with Gasteiger partial charge in [-0.15, -0.1) is 0 Å². The summed E-state index contributed by atoms with van der Waals surface area (Å²) in [5.74, 6) is -7.55. The molecule has 0 fully saturated rings. The number of hydrogen-bond acceptors (Lipinski definition) is 10. The number of nitrogens with two attached hydrogens (primary N) is 1. The summed E-state index contributed by atoms with van der Waals surface area (Å²) in [6.45, 7) is 8.87. The van der Waals surface area contributed by atoms with E-state index in [1.807, 2.05) is 12.1 Å². The van der Waals surface area contributed by atoms with Crippen LogP contribution >= 0.6 is 0 Å². The Morgan fingerprint density at radius 1 is 0.764 bits per heavy atom. The largest absolute Gasteiger partial charge is 0.481 e. The molecule has 19 heteroatoms. The molecule has 0 aliphatic rings. The predicted molar refractivity (Wildman–Crippen MR) is 203 cm³/mol. The maximum atomic E-state index is 13.2. The van der Waals surface area contributed by atoms with Crippen LogP contribution in [0, 0.1) is 10.8 Å². The molecule has 0 saturated carbocycles. The molecule has 0 aromatic heterocycles. The molecule has 310 valence electrons. The maximum Gasteiger partial charge on any atom is 0.326 e. The van der Waals surface area contributed by atoms with E-state index in [2.05, 4.69) is 33.5 Å². The van der Waals surface area contributed by atoms with Crippen LogP contribution in [0.5, 0.6) is 0 Å². The number of carboxylic acid groups (broad SMARTS) is 2. The van der Waals surface area contributed by atoms with E-state index in [1.54, 1.807) is 12.1 Å². The fourth-order valence-corrected chi connectivity index (χ4v) is 6.17. The van der Waals surface area contributed by atoms with Crippen molar-refractivity contribution < 1.29 is 56.7 Å². The third-order valence-electron chi connectivity index (χ3n) is 8.78. The zero-order valence-electron chi connectivity index (χ0n) is 32.2. The van der Waals surface area contributed by atoms with Gasteiger partial charge in [0, 0.05) is 36.2 Å². The van der Waals surface area contributed by atoms with Crippen molar-refractivity contribution in [3.8, 4) is 0 Å². The van der Waals surface area contributed by atoms with E-state index in [-0.39, 0.29) is 18.7 Å². The SMILES string of the molecule is CCCCCNc1ccc(C(=O)NCCCCC(NC(=O)CCC(NC(=O)C(CCS(=O)(=O)O)NC(=O)C(C)(C)CC(C)(C)C(=O)O)C(=O)O)C(N)=O)cc1. The van der Waals surface area contributed by atoms with E-state index in [4.69, 9.17) is 5.73 Å². The van der Waals surface area contributed by atoms with Crippen LogP contribution < -0.4 is 32.3 Å². The minimum Gasteiger partial charge on any atom is -0.481 e. The van der Waals surface area contributed by atoms with Crippen LogP contribution in [-0.2, 0) is 38.9 Å². The van der Waals surface area contributed by atoms with E-state index >= 15 is 0 Å². The Hall–Kier alpha value is -4.78. The van der Waals surface area contributed by atoms with Gasteiger partial charge in [-0.25, -0.2) is 4.79 Å². The lowest BCUT2D eigenvalue weighted by molar-refractivity contribution is -0.150. The number of unbranched alkanes of at least 4 members (excludes halogenated alkanes) is 3. The Balaban J connectivity index is 2.74. The molecule has 0 bridgehead atoms. The molecule has 0 saturated heterocycles. The predicted octanol–water partition coefficient (Wildman–Crippen LogP) is 1.80. The molecule has 1 aromatic rings. The van der Waals surface area contributed by atoms with Crippen LogP contribution in [0.2, 0.25) is 0 Å². The highest BCUT2D eigenvalue weighted by Gasteiger charge is 2.40. The summed E-state index contributed by atoms with van der Waals surface area (Å²) in [6, 6.07) is 2.62. The molecule has 0 heterocycles. The van der Waals surface area contributed by atoms with Crippen molar-refractivity contribution >= 4 is 57.3 Å². The summed E-state index contributed by atoms with van der Waals surface area (Å²) in [6.07, 6.45) is 2.49. The van der Waals surface area contributed by atoms with Gasteiger partial charge in [0.1, 0.15) is 18.1 Å². The third-order valence-corrected chi connectivity index (χ3v) is 9.53. The van der Waals surface area contributed by atoms with E-state index in [0.29, 0.717) is 24.9 Å². The number of rotatable bonds is 27. The van der Waals surface area contributed by atoms with Crippen LogP contribution in [0.1, 0.15) is 109 Å². The second-order valence-corrected chi connectivity index (χ2v) is 16.3. The number of amides is 5. The number of carbonyl (C=O) groups excluding carboxylic acids is 5. The average Bonchev–Trinajstić information content (AvgIpc) is 3.08. The molecular weight excluding hydrogens is 740 g/mol. The molecule has 10 N–H and O–H groups in total. The summed E-state index contributed by atoms with van der Waals surface area (Å²) < 4.78 is 32.1. The first-order valence-electron chi connectivity index (χ1n) is 18.2. The van der Waals surface area contributed by atoms with Gasteiger partial charge in [-0.2, -0.15) is 8.42 Å². The first kappa shape index (κ1) is 48.2. The van der Waals surface area contributed by atoms with Gasteiger partial charge in [0.2, 0.25) is 23.6 Å². The third kappa shape index (κ3) is 18.9. The van der Waals surface area contributed by atoms with Crippen LogP contribution in [0.3, 0.4) is 0 Å². The Morgan fingerprint density at radius 3 is 1.93 bits per heavy atom. The smallest absolute Gasteiger partial charge is 0.326 e. The van der Waals surface area contributed by atoms with Gasteiger partial charge in [-0.1, -0.05) is 33.6 Å². The van der Waals surface area contributed by atoms with Gasteiger partial charge < -0.3 is 42.5 Å². The summed E-state index contributed by atoms with van der Waals surface area (Å²) >= 11 is 0. The highest BCUT2D eigenvalue weighted by Crippen LogP contribution is 2.34. The second-order valence-electron chi connectivity index (χ2n) is 14.8. The summed E-state index contributed by atoms with van der Waals surface area (Å²) in [4.78, 5) is 87.1. The topological polar surface area (TPSA) is 300 Å². The van der Waals surface area contributed by atoms with Gasteiger partial charge in [0.05, 0.1) is 11.2 Å². The Bertz CT molecular complexity index is 1600. The number of anilines is 1. The van der Waals surface area contributed by atoms with E-state index in [9.17, 15) is 56.7 Å². The van der Waals surface area contributed by atoms with Crippen molar-refractivity contribution in [2.75, 3.05) is 24.2 Å². The van der Waals surface area contributed by atoms with Crippen molar-refractivity contribution in [1.82, 2.24) is 21.3 Å². The van der Waals surface area contributed by atoms with Crippen molar-refractivity contribution in [3.63, 3.8) is 0 Å². The fourth-order valence-electron chi connectivity index (χ4n) is 5.63. The van der Waals surface area contributed by atoms with E-state index in [1.165, 1.54) is 27.7 Å². The minimum atomic E-state index is -4.62. The summed E-state index contributed by atoms with van der Waals surface area (Å²) in [7, 11) is -4.62. The number of carbonyl (C=O) groups is 7. The van der Waals surface area contributed by atoms with Crippen LogP contribution in [0.15, 0.2) is 24.3 Å². The lowest BCUT2D eigenvalue weighted by Gasteiger charge is -2.32. The first-order valence-corrected chi connectivity index (χ1v) is 19.8. The molecule has 3 unspecified atom stereocenters. The average molecular weight is 799 g/mol. The maximum absolute atomic E-state index is 13.2. The molecule has 3 atom stereocenters. The molecule has 0 spiro atoms. The van der Waals surface area contributed by atoms with Crippen molar-refractivity contribution in [1.29, 1.82) is 0 Å². The van der Waals surface area contributed by atoms with Gasteiger partial charge in [-0.05, 0) is 83.1 Å². The molecule has 18 nitrogen and oxygen atoms in total. The molecule has 55 heavy (non-hydrogen) atoms. The zero-order chi connectivity index (χ0) is 42.0. The quantitative estimate of drug-likeness (QED) is 0.0454. The van der Waals surface area contributed by atoms with E-state index < -0.39 is 99.7 Å². The lowest BCUT2D eigenvalue weighted by Crippen LogP contribution is -2.55. The van der Waals surface area contributed by atoms with Crippen LogP contribution in [0.4, 0.5) is 5.69 Å². The number of aliphatic carboxylic acids is 2. The number of carboxylic acids is 2. The molecule has 1 aromatic carbocycles. The monoisotopic (exact) mass is 798 g/mol. The van der Waals surface area contributed by atoms with Crippen LogP contribution in [-0.4, -0.2) is 102 Å². The van der Waals surface area contributed by atoms with Crippen molar-refractivity contribution in [2.24, 2.45) is 16.6 Å². The second kappa shape index (κ2) is 22.6. The number of nitrogens with one attached hydrogen (secondary N) is 5. The van der Waals surface area contributed by atoms with Crippen molar-refractivity contribution in [2.45, 2.75) is 117 Å². The fraction of sp³-hybridized carbons (Fsp3) is 0.639. The Morgan fingerprint density at radius 2 is 1.38 bits per heavy atom. The lowest BCUT2D eigenvalue weighted by atomic mass is 9.74. The molecule has 0 aliphatic carbocycles. The van der Waals surface area contributed by atoms with Gasteiger partial charge in [0.15, 0.2) is 0 Å². The standard InChI is InChI=1S/C36H58N6O12S/c1-6-7-9-19-38-24-14-12-23(13-15-24)30(45)39-20-10-8-11-25(29(37)44)40-28(43)17-16-27(32(47)48)41-31(46)26(18-21-55(52,53)54)42-33(49)35(2,3)22-36(4,5)34(50)51/h12-15,25-27,38H,6-11,16-22H2,1-5H3,(H2,37,44)(H,39,45)(H,40,43)(H,41,46)(H,42,49)(H,47,48)(H,50,51)(H,52,53,54). The Kier molecular flexibility index (Phi) is 19.8. The first-order chi connectivity index (χ1) is 25.5. The molecule has 0 aliphatic heterocycles. The summed E-state index contributed by atoms with van der Waals surface area (Å²) in [5, 5.41) is 32.2. The van der Waals surface area contributed by atoms with E-state index in [0.717, 1.165) is 31.5 Å². The minimum absolute atomic E-state index is 0.129.